The molecule has 9 heteroatoms. The molecule has 0 aromatic carbocycles. The van der Waals surface area contributed by atoms with Crippen LogP contribution in [-0.2, 0) is 14.4 Å². The minimum absolute atomic E-state index is 0.151. The zero-order valence-electron chi connectivity index (χ0n) is 8.78. The molecule has 17 heavy (non-hydrogen) atoms. The molecule has 8 nitrogen and oxygen atoms in total. The Balaban J connectivity index is 2.90. The smallest absolute Gasteiger partial charge is 0.347 e. The number of oxime groups is 1. The number of carboxylic acids is 1. The molecule has 0 spiro atoms. The molecule has 0 bridgehead atoms. The van der Waals surface area contributed by atoms with E-state index in [2.05, 4.69) is 15.0 Å². The zero-order chi connectivity index (χ0) is 13.0. The van der Waals surface area contributed by atoms with Gasteiger partial charge in [-0.2, -0.15) is 0 Å². The van der Waals surface area contributed by atoms with Gasteiger partial charge >= 0.3 is 5.97 Å². The highest BCUT2D eigenvalue weighted by Crippen LogP contribution is 2.12. The third-order valence-corrected chi connectivity index (χ3v) is 2.32. The van der Waals surface area contributed by atoms with Gasteiger partial charge in [-0.3, -0.25) is 4.79 Å². The molecule has 1 atom stereocenters. The first-order valence-electron chi connectivity index (χ1n) is 4.39. The molecule has 5 N–H and O–H groups in total. The van der Waals surface area contributed by atoms with E-state index in [1.54, 1.807) is 0 Å². The fraction of sp³-hybridized carbons (Fsp3) is 0.250. The quantitative estimate of drug-likeness (QED) is 0.476. The Kier molecular flexibility index (Phi) is 3.99. The number of aliphatic carboxylic acids is 1. The van der Waals surface area contributed by atoms with Gasteiger partial charge in [-0.15, -0.1) is 11.3 Å². The van der Waals surface area contributed by atoms with Crippen molar-refractivity contribution >= 4 is 34.1 Å². The number of aromatic nitrogens is 1. The van der Waals surface area contributed by atoms with Crippen LogP contribution in [0.1, 0.15) is 12.6 Å². The lowest BCUT2D eigenvalue weighted by Gasteiger charge is -2.04. The first kappa shape index (κ1) is 12.9. The number of anilines is 1. The lowest BCUT2D eigenvalue weighted by Crippen LogP contribution is -2.26. The monoisotopic (exact) mass is 258 g/mol. The Morgan fingerprint density at radius 2 is 2.29 bits per heavy atom. The summed E-state index contributed by atoms with van der Waals surface area (Å²) in [7, 11) is 0. The number of thiazole rings is 1. The Morgan fingerprint density at radius 3 is 2.71 bits per heavy atom. The number of nitrogens with two attached hydrogens (primary N) is 2. The van der Waals surface area contributed by atoms with Gasteiger partial charge in [0.05, 0.1) is 0 Å². The summed E-state index contributed by atoms with van der Waals surface area (Å²) in [5.41, 5.74) is 10.3. The summed E-state index contributed by atoms with van der Waals surface area (Å²) in [6.45, 7) is 1.26. The van der Waals surface area contributed by atoms with E-state index in [-0.39, 0.29) is 16.5 Å². The fourth-order valence-corrected chi connectivity index (χ4v) is 1.34. The average molecular weight is 258 g/mol. The summed E-state index contributed by atoms with van der Waals surface area (Å²) in [5.74, 6) is -2.09. The van der Waals surface area contributed by atoms with E-state index < -0.39 is 18.0 Å². The highest BCUT2D eigenvalue weighted by molar-refractivity contribution is 7.13. The number of carbonyl (C=O) groups excluding carboxylic acids is 1. The Bertz CT molecular complexity index is 470. The molecule has 1 heterocycles. The number of hydrogen-bond donors (Lipinski definition) is 3. The van der Waals surface area contributed by atoms with Crippen molar-refractivity contribution in [3.8, 4) is 0 Å². The van der Waals surface area contributed by atoms with Crippen LogP contribution in [-0.4, -0.2) is 33.8 Å². The second-order valence-corrected chi connectivity index (χ2v) is 3.85. The molecule has 92 valence electrons. The molecule has 0 unspecified atom stereocenters. The highest BCUT2D eigenvalue weighted by Gasteiger charge is 2.17. The number of nitrogen functional groups attached to an aromatic ring is 1. The standard InChI is InChI=1S/C8H10N4O4S/c1-3(7(14)15)16-12-5(6(9)13)4-2-17-8(10)11-4/h2-3H,1H3,(H2,9,13)(H2,10,11)(H,14,15)/b12-5-/t3-/m1/s1. The Labute approximate surface area is 99.9 Å². The zero-order valence-corrected chi connectivity index (χ0v) is 9.60. The van der Waals surface area contributed by atoms with Gasteiger partial charge in [-0.25, -0.2) is 9.78 Å². The fourth-order valence-electron chi connectivity index (χ4n) is 0.791. The van der Waals surface area contributed by atoms with E-state index in [4.69, 9.17) is 16.6 Å². The summed E-state index contributed by atoms with van der Waals surface area (Å²) >= 11 is 1.10. The maximum atomic E-state index is 11.1. The second-order valence-electron chi connectivity index (χ2n) is 2.96. The molecule has 1 aromatic rings. The normalized spacial score (nSPS) is 13.1. The van der Waals surface area contributed by atoms with E-state index in [1.807, 2.05) is 0 Å². The molecule has 0 radical (unpaired) electrons. The van der Waals surface area contributed by atoms with Crippen molar-refractivity contribution in [3.63, 3.8) is 0 Å². The molecule has 0 aliphatic rings. The van der Waals surface area contributed by atoms with Gasteiger partial charge in [0.2, 0.25) is 6.10 Å². The van der Waals surface area contributed by atoms with Crippen LogP contribution >= 0.6 is 11.3 Å². The number of amides is 1. The van der Waals surface area contributed by atoms with Crippen LogP contribution in [0, 0.1) is 0 Å². The van der Waals surface area contributed by atoms with Crippen molar-refractivity contribution in [1.29, 1.82) is 0 Å². The summed E-state index contributed by atoms with van der Waals surface area (Å²) in [4.78, 5) is 30.0. The number of rotatable bonds is 5. The topological polar surface area (TPSA) is 141 Å². The Hall–Kier alpha value is -2.16. The number of carbonyl (C=O) groups is 2. The predicted octanol–water partition coefficient (Wildman–Crippen LogP) is -0.596. The third-order valence-electron chi connectivity index (χ3n) is 1.65. The van der Waals surface area contributed by atoms with Gasteiger partial charge in [0, 0.05) is 5.38 Å². The number of hydrogen-bond acceptors (Lipinski definition) is 7. The van der Waals surface area contributed by atoms with Crippen LogP contribution in [0.5, 0.6) is 0 Å². The number of carboxylic acid groups (broad SMARTS) is 1. The summed E-state index contributed by atoms with van der Waals surface area (Å²) < 4.78 is 0. The third kappa shape index (κ3) is 3.41. The van der Waals surface area contributed by atoms with Crippen molar-refractivity contribution < 1.29 is 19.5 Å². The van der Waals surface area contributed by atoms with Gasteiger partial charge in [0.25, 0.3) is 5.91 Å². The van der Waals surface area contributed by atoms with Crippen molar-refractivity contribution in [3.05, 3.63) is 11.1 Å². The lowest BCUT2D eigenvalue weighted by molar-refractivity contribution is -0.149. The molecule has 0 aliphatic heterocycles. The van der Waals surface area contributed by atoms with E-state index in [9.17, 15) is 9.59 Å². The molecular weight excluding hydrogens is 248 g/mol. The van der Waals surface area contributed by atoms with Crippen LogP contribution in [0.2, 0.25) is 0 Å². The van der Waals surface area contributed by atoms with Crippen molar-refractivity contribution in [2.45, 2.75) is 13.0 Å². The minimum Gasteiger partial charge on any atom is -0.478 e. The molecule has 0 saturated carbocycles. The van der Waals surface area contributed by atoms with Crippen molar-refractivity contribution in [2.75, 3.05) is 5.73 Å². The van der Waals surface area contributed by atoms with Crippen LogP contribution in [0.4, 0.5) is 5.13 Å². The van der Waals surface area contributed by atoms with Gasteiger partial charge in [-0.05, 0) is 6.92 Å². The highest BCUT2D eigenvalue weighted by atomic mass is 32.1. The molecular formula is C8H10N4O4S. The number of nitrogens with zero attached hydrogens (tertiary/aromatic N) is 2. The van der Waals surface area contributed by atoms with Crippen LogP contribution < -0.4 is 11.5 Å². The lowest BCUT2D eigenvalue weighted by atomic mass is 10.3. The summed E-state index contributed by atoms with van der Waals surface area (Å²) in [5, 5.41) is 13.6. The first-order chi connectivity index (χ1) is 7.91. The van der Waals surface area contributed by atoms with Gasteiger partial charge in [0.1, 0.15) is 5.69 Å². The summed E-state index contributed by atoms with van der Waals surface area (Å²) in [6.07, 6.45) is -1.19. The summed E-state index contributed by atoms with van der Waals surface area (Å²) in [6, 6.07) is 0. The maximum absolute atomic E-state index is 11.1. The second kappa shape index (κ2) is 5.25. The van der Waals surface area contributed by atoms with Gasteiger partial charge < -0.3 is 21.4 Å². The minimum atomic E-state index is -1.21. The largest absolute Gasteiger partial charge is 0.478 e. The average Bonchev–Trinajstić information content (AvgIpc) is 2.64. The SMILES string of the molecule is C[C@@H](O/N=C(\C(N)=O)c1csc(N)n1)C(=O)O. The van der Waals surface area contributed by atoms with Crippen LogP contribution in [0.25, 0.3) is 0 Å². The van der Waals surface area contributed by atoms with E-state index >= 15 is 0 Å². The molecule has 0 aliphatic carbocycles. The Morgan fingerprint density at radius 1 is 1.65 bits per heavy atom. The molecule has 1 aromatic heterocycles. The van der Waals surface area contributed by atoms with E-state index in [0.29, 0.717) is 0 Å². The molecule has 1 amide bonds. The molecule has 1 rings (SSSR count). The molecule has 0 fully saturated rings. The maximum Gasteiger partial charge on any atom is 0.347 e. The first-order valence-corrected chi connectivity index (χ1v) is 5.27. The van der Waals surface area contributed by atoms with Crippen molar-refractivity contribution in [1.82, 2.24) is 4.98 Å². The van der Waals surface area contributed by atoms with E-state index in [0.717, 1.165) is 11.3 Å². The molecule has 0 saturated heterocycles. The van der Waals surface area contributed by atoms with Crippen LogP contribution in [0.15, 0.2) is 10.5 Å². The van der Waals surface area contributed by atoms with Crippen molar-refractivity contribution in [2.24, 2.45) is 10.9 Å². The van der Waals surface area contributed by atoms with E-state index in [1.165, 1.54) is 12.3 Å². The van der Waals surface area contributed by atoms with Gasteiger partial charge in [-0.1, -0.05) is 5.16 Å². The number of primary amides is 1. The van der Waals surface area contributed by atoms with Crippen LogP contribution in [0.3, 0.4) is 0 Å². The van der Waals surface area contributed by atoms with Gasteiger partial charge in [0.15, 0.2) is 10.8 Å². The predicted molar refractivity (Wildman–Crippen MR) is 60.4 cm³/mol.